The Morgan fingerprint density at radius 2 is 2.00 bits per heavy atom. The summed E-state index contributed by atoms with van der Waals surface area (Å²) in [7, 11) is 0. The Morgan fingerprint density at radius 3 is 2.65 bits per heavy atom. The molecule has 1 heterocycles. The van der Waals surface area contributed by atoms with Gasteiger partial charge in [0.25, 0.3) is 0 Å². The van der Waals surface area contributed by atoms with Crippen molar-refractivity contribution in [2.45, 2.75) is 6.36 Å². The van der Waals surface area contributed by atoms with Crippen molar-refractivity contribution in [2.75, 3.05) is 0 Å². The van der Waals surface area contributed by atoms with Crippen molar-refractivity contribution in [1.82, 2.24) is 4.98 Å². The summed E-state index contributed by atoms with van der Waals surface area (Å²) in [4.78, 5) is 3.89. The van der Waals surface area contributed by atoms with Crippen molar-refractivity contribution in [3.05, 3.63) is 48.8 Å². The van der Waals surface area contributed by atoms with Gasteiger partial charge in [0.1, 0.15) is 5.75 Å². The molecule has 0 amide bonds. The molecule has 0 bridgehead atoms. The van der Waals surface area contributed by atoms with Crippen LogP contribution in [0.4, 0.5) is 13.2 Å². The van der Waals surface area contributed by atoms with Crippen LogP contribution in [0.3, 0.4) is 0 Å². The first-order chi connectivity index (χ1) is 8.04. The summed E-state index contributed by atoms with van der Waals surface area (Å²) in [5.41, 5.74) is 1.27. The smallest absolute Gasteiger partial charge is 0.406 e. The van der Waals surface area contributed by atoms with Crippen molar-refractivity contribution in [3.63, 3.8) is 0 Å². The first-order valence-corrected chi connectivity index (χ1v) is 4.72. The van der Waals surface area contributed by atoms with Crippen LogP contribution in [0.5, 0.6) is 5.75 Å². The van der Waals surface area contributed by atoms with E-state index in [1.807, 2.05) is 0 Å². The molecule has 17 heavy (non-hydrogen) atoms. The summed E-state index contributed by atoms with van der Waals surface area (Å²) in [6, 6.07) is 10.0. The van der Waals surface area contributed by atoms with Crippen LogP contribution in [0.25, 0.3) is 11.1 Å². The third-order valence-corrected chi connectivity index (χ3v) is 1.99. The number of alkyl halides is 3. The van der Waals surface area contributed by atoms with E-state index in [0.717, 1.165) is 6.07 Å². The van der Waals surface area contributed by atoms with Gasteiger partial charge in [0.05, 0.1) is 0 Å². The van der Waals surface area contributed by atoms with E-state index >= 15 is 0 Å². The number of nitrogens with zero attached hydrogens (tertiary/aromatic N) is 1. The lowest BCUT2D eigenvalue weighted by Gasteiger charge is -2.09. The molecule has 1 aromatic carbocycles. The van der Waals surface area contributed by atoms with Crippen LogP contribution in [0.2, 0.25) is 0 Å². The number of hydrogen-bond donors (Lipinski definition) is 0. The maximum Gasteiger partial charge on any atom is 0.573 e. The summed E-state index contributed by atoms with van der Waals surface area (Å²) in [6.07, 6.45) is -1.55. The van der Waals surface area contributed by atoms with Crippen LogP contribution in [0, 0.1) is 6.07 Å². The molecule has 0 aliphatic heterocycles. The highest BCUT2D eigenvalue weighted by atomic mass is 19.4. The molecule has 0 unspecified atom stereocenters. The normalized spacial score (nSPS) is 11.2. The second-order valence-corrected chi connectivity index (χ2v) is 3.25. The van der Waals surface area contributed by atoms with Gasteiger partial charge in [-0.05, 0) is 35.9 Å². The van der Waals surface area contributed by atoms with Crippen molar-refractivity contribution >= 4 is 0 Å². The molecule has 0 aliphatic rings. The summed E-state index contributed by atoms with van der Waals surface area (Å²) in [5.74, 6) is -0.293. The maximum atomic E-state index is 12.0. The van der Waals surface area contributed by atoms with Gasteiger partial charge < -0.3 is 4.74 Å². The summed E-state index contributed by atoms with van der Waals surface area (Å²) >= 11 is 0. The van der Waals surface area contributed by atoms with Crippen LogP contribution in [-0.2, 0) is 0 Å². The van der Waals surface area contributed by atoms with E-state index < -0.39 is 6.36 Å². The molecule has 0 N–H and O–H groups in total. The average Bonchev–Trinajstić information content (AvgIpc) is 2.28. The number of rotatable bonds is 2. The third-order valence-electron chi connectivity index (χ3n) is 1.99. The molecule has 5 heteroatoms. The lowest BCUT2D eigenvalue weighted by atomic mass is 10.1. The fourth-order valence-electron chi connectivity index (χ4n) is 1.34. The number of pyridine rings is 1. The fraction of sp³-hybridized carbons (Fsp3) is 0.0833. The predicted octanol–water partition coefficient (Wildman–Crippen LogP) is 3.45. The average molecular weight is 238 g/mol. The molecule has 1 radical (unpaired) electrons. The zero-order valence-corrected chi connectivity index (χ0v) is 8.53. The number of aromatic nitrogens is 1. The highest BCUT2D eigenvalue weighted by molar-refractivity contribution is 5.63. The van der Waals surface area contributed by atoms with Crippen LogP contribution >= 0.6 is 0 Å². The van der Waals surface area contributed by atoms with E-state index in [2.05, 4.69) is 15.8 Å². The van der Waals surface area contributed by atoms with Gasteiger partial charge in [-0.25, -0.2) is 0 Å². The van der Waals surface area contributed by atoms with E-state index in [9.17, 15) is 13.2 Å². The van der Waals surface area contributed by atoms with Crippen molar-refractivity contribution in [3.8, 4) is 16.9 Å². The van der Waals surface area contributed by atoms with E-state index in [0.29, 0.717) is 11.1 Å². The Bertz CT molecular complexity index is 497. The van der Waals surface area contributed by atoms with Gasteiger partial charge in [0.2, 0.25) is 0 Å². The minimum absolute atomic E-state index is 0.293. The summed E-state index contributed by atoms with van der Waals surface area (Å²) in [5, 5.41) is 0. The van der Waals surface area contributed by atoms with Crippen molar-refractivity contribution < 1.29 is 17.9 Å². The minimum atomic E-state index is -4.69. The summed E-state index contributed by atoms with van der Waals surface area (Å²) < 4.78 is 39.9. The zero-order valence-electron chi connectivity index (χ0n) is 8.53. The zero-order chi connectivity index (χ0) is 12.3. The quantitative estimate of drug-likeness (QED) is 0.799. The molecule has 0 aliphatic carbocycles. The molecule has 87 valence electrons. The lowest BCUT2D eigenvalue weighted by molar-refractivity contribution is -0.274. The van der Waals surface area contributed by atoms with E-state index in [1.54, 1.807) is 30.6 Å². The Morgan fingerprint density at radius 1 is 1.18 bits per heavy atom. The van der Waals surface area contributed by atoms with Gasteiger partial charge in [0, 0.05) is 18.0 Å². The van der Waals surface area contributed by atoms with E-state index in [4.69, 9.17) is 0 Å². The monoisotopic (exact) mass is 238 g/mol. The van der Waals surface area contributed by atoms with E-state index in [1.165, 1.54) is 6.07 Å². The number of benzene rings is 1. The number of ether oxygens (including phenoxy) is 1. The standard InChI is InChI=1S/C12H7F3NO/c13-12(14,15)17-11-5-1-3-9(7-11)10-4-2-6-16-8-10/h2-8H. The van der Waals surface area contributed by atoms with Crippen LogP contribution < -0.4 is 4.74 Å². The molecule has 0 saturated carbocycles. The van der Waals surface area contributed by atoms with Crippen LogP contribution in [0.15, 0.2) is 42.7 Å². The SMILES string of the molecule is FC(F)(F)Oc1c[c]cc(-c2cccnc2)c1. The van der Waals surface area contributed by atoms with Crippen LogP contribution in [-0.4, -0.2) is 11.3 Å². The molecule has 2 nitrogen and oxygen atoms in total. The second kappa shape index (κ2) is 4.45. The molecule has 2 rings (SSSR count). The maximum absolute atomic E-state index is 12.0. The van der Waals surface area contributed by atoms with Gasteiger partial charge >= 0.3 is 6.36 Å². The fourth-order valence-corrected chi connectivity index (χ4v) is 1.34. The largest absolute Gasteiger partial charge is 0.573 e. The molecule has 0 atom stereocenters. The lowest BCUT2D eigenvalue weighted by Crippen LogP contribution is -2.17. The van der Waals surface area contributed by atoms with Gasteiger partial charge in [-0.15, -0.1) is 13.2 Å². The van der Waals surface area contributed by atoms with Gasteiger partial charge in [-0.1, -0.05) is 6.07 Å². The Kier molecular flexibility index (Phi) is 2.99. The minimum Gasteiger partial charge on any atom is -0.406 e. The molecule has 0 fully saturated rings. The third kappa shape index (κ3) is 3.21. The Balaban J connectivity index is 2.29. The molecule has 2 aromatic rings. The second-order valence-electron chi connectivity index (χ2n) is 3.25. The molecule has 0 spiro atoms. The number of halogens is 3. The van der Waals surface area contributed by atoms with Crippen LogP contribution in [0.1, 0.15) is 0 Å². The van der Waals surface area contributed by atoms with Gasteiger partial charge in [-0.3, -0.25) is 4.98 Å². The van der Waals surface area contributed by atoms with Crippen molar-refractivity contribution in [2.24, 2.45) is 0 Å². The van der Waals surface area contributed by atoms with Gasteiger partial charge in [-0.2, -0.15) is 0 Å². The van der Waals surface area contributed by atoms with Gasteiger partial charge in [0.15, 0.2) is 0 Å². The topological polar surface area (TPSA) is 22.1 Å². The molecular formula is C12H7F3NO. The van der Waals surface area contributed by atoms with Crippen molar-refractivity contribution in [1.29, 1.82) is 0 Å². The predicted molar refractivity (Wildman–Crippen MR) is 55.2 cm³/mol. The Hall–Kier alpha value is -2.04. The molecule has 0 saturated heterocycles. The van der Waals surface area contributed by atoms with E-state index in [-0.39, 0.29) is 5.75 Å². The Labute approximate surface area is 95.7 Å². The number of hydrogen-bond acceptors (Lipinski definition) is 2. The molecular weight excluding hydrogens is 231 g/mol. The highest BCUT2D eigenvalue weighted by Gasteiger charge is 2.31. The first kappa shape index (κ1) is 11.4. The summed E-state index contributed by atoms with van der Waals surface area (Å²) in [6.45, 7) is 0. The highest BCUT2D eigenvalue weighted by Crippen LogP contribution is 2.27. The molecule has 1 aromatic heterocycles. The first-order valence-electron chi connectivity index (χ1n) is 4.72.